The fourth-order valence-corrected chi connectivity index (χ4v) is 3.47. The van der Waals surface area contributed by atoms with Crippen LogP contribution >= 0.6 is 0 Å². The van der Waals surface area contributed by atoms with E-state index in [0.717, 1.165) is 35.2 Å². The van der Waals surface area contributed by atoms with Crippen LogP contribution in [0.25, 0.3) is 22.6 Å². The summed E-state index contributed by atoms with van der Waals surface area (Å²) in [6, 6.07) is 5.97. The number of aliphatic carboxylic acids is 1. The van der Waals surface area contributed by atoms with Crippen molar-refractivity contribution >= 4 is 5.97 Å². The maximum atomic E-state index is 11.2. The van der Waals surface area contributed by atoms with Gasteiger partial charge < -0.3 is 14.6 Å². The summed E-state index contributed by atoms with van der Waals surface area (Å²) in [5, 5.41) is 16.3. The van der Waals surface area contributed by atoms with Crippen molar-refractivity contribution in [2.75, 3.05) is 6.61 Å². The van der Waals surface area contributed by atoms with E-state index < -0.39 is 11.4 Å². The monoisotopic (exact) mass is 437 g/mol. The third kappa shape index (κ3) is 4.87. The second-order valence-electron chi connectivity index (χ2n) is 8.74. The van der Waals surface area contributed by atoms with Crippen LogP contribution in [0.4, 0.5) is 0 Å². The Balaban J connectivity index is 1.43. The van der Waals surface area contributed by atoms with E-state index in [4.69, 9.17) is 9.47 Å². The third-order valence-corrected chi connectivity index (χ3v) is 5.60. The van der Waals surface area contributed by atoms with Gasteiger partial charge in [0.25, 0.3) is 0 Å². The van der Waals surface area contributed by atoms with Crippen LogP contribution in [0.15, 0.2) is 30.6 Å². The van der Waals surface area contributed by atoms with Gasteiger partial charge in [0.1, 0.15) is 12.7 Å². The molecule has 0 unspecified atom stereocenters. The first-order valence-electron chi connectivity index (χ1n) is 10.7. The molecule has 0 saturated heterocycles. The number of carboxylic acids is 1. The zero-order valence-corrected chi connectivity index (χ0v) is 18.5. The number of carboxylic acid groups (broad SMARTS) is 1. The summed E-state index contributed by atoms with van der Waals surface area (Å²) in [7, 11) is 0. The quantitative estimate of drug-likeness (QED) is 0.541. The molecule has 1 aliphatic carbocycles. The number of ether oxygens (including phenoxy) is 2. The molecule has 4 rings (SSSR count). The highest BCUT2D eigenvalue weighted by atomic mass is 16.5. The Bertz CT molecular complexity index is 1090. The molecule has 0 amide bonds. The normalized spacial score (nSPS) is 14.5. The fraction of sp³-hybridized carbons (Fsp3) is 0.435. The highest BCUT2D eigenvalue weighted by Crippen LogP contribution is 2.27. The summed E-state index contributed by atoms with van der Waals surface area (Å²) in [4.78, 5) is 24.5. The van der Waals surface area contributed by atoms with Crippen molar-refractivity contribution in [1.82, 2.24) is 25.1 Å². The van der Waals surface area contributed by atoms with Crippen molar-refractivity contribution < 1.29 is 19.4 Å². The molecular formula is C23H27N5O4. The lowest BCUT2D eigenvalue weighted by atomic mass is 9.95. The van der Waals surface area contributed by atoms with Crippen LogP contribution in [-0.2, 0) is 4.79 Å². The summed E-state index contributed by atoms with van der Waals surface area (Å²) < 4.78 is 11.4. The van der Waals surface area contributed by atoms with Gasteiger partial charge in [-0.3, -0.25) is 14.9 Å². The summed E-state index contributed by atoms with van der Waals surface area (Å²) >= 11 is 0. The maximum Gasteiger partial charge on any atom is 0.336 e. The van der Waals surface area contributed by atoms with Crippen LogP contribution in [0.5, 0.6) is 11.9 Å². The molecule has 1 aliphatic rings. The lowest BCUT2D eigenvalue weighted by Crippen LogP contribution is -2.30. The summed E-state index contributed by atoms with van der Waals surface area (Å²) in [5.41, 5.74) is 2.37. The number of hydrogen-bond acceptors (Lipinski definition) is 7. The van der Waals surface area contributed by atoms with Gasteiger partial charge in [0.2, 0.25) is 5.88 Å². The Labute approximate surface area is 186 Å². The van der Waals surface area contributed by atoms with Gasteiger partial charge in [-0.2, -0.15) is 4.98 Å². The van der Waals surface area contributed by atoms with E-state index in [1.54, 1.807) is 32.3 Å². The smallest absolute Gasteiger partial charge is 0.336 e. The van der Waals surface area contributed by atoms with Crippen LogP contribution in [0.3, 0.4) is 0 Å². The van der Waals surface area contributed by atoms with Crippen LogP contribution < -0.4 is 9.47 Å². The zero-order valence-electron chi connectivity index (χ0n) is 18.5. The van der Waals surface area contributed by atoms with Crippen molar-refractivity contribution in [3.05, 3.63) is 36.2 Å². The van der Waals surface area contributed by atoms with Crippen molar-refractivity contribution in [1.29, 1.82) is 0 Å². The molecule has 0 bridgehead atoms. The predicted octanol–water partition coefficient (Wildman–Crippen LogP) is 4.05. The first-order valence-corrected chi connectivity index (χ1v) is 10.7. The van der Waals surface area contributed by atoms with Crippen LogP contribution in [-0.4, -0.2) is 48.9 Å². The van der Waals surface area contributed by atoms with Gasteiger partial charge in [0.15, 0.2) is 5.82 Å². The molecule has 1 saturated carbocycles. The lowest BCUT2D eigenvalue weighted by molar-refractivity contribution is -0.148. The number of aryl methyl sites for hydroxylation is 1. The Hall–Kier alpha value is -3.49. The summed E-state index contributed by atoms with van der Waals surface area (Å²) in [6.07, 6.45) is 8.10. The van der Waals surface area contributed by atoms with E-state index in [1.165, 1.54) is 12.8 Å². The number of aromatic amines is 1. The van der Waals surface area contributed by atoms with Crippen molar-refractivity contribution in [2.24, 2.45) is 5.41 Å². The van der Waals surface area contributed by atoms with Gasteiger partial charge in [0, 0.05) is 29.6 Å². The predicted molar refractivity (Wildman–Crippen MR) is 117 cm³/mol. The third-order valence-electron chi connectivity index (χ3n) is 5.60. The van der Waals surface area contributed by atoms with E-state index >= 15 is 0 Å². The van der Waals surface area contributed by atoms with Crippen LogP contribution in [0, 0.1) is 12.3 Å². The summed E-state index contributed by atoms with van der Waals surface area (Å²) in [5.74, 6) is 0.0736. The number of rotatable bonds is 8. The molecule has 168 valence electrons. The molecule has 0 radical (unpaired) electrons. The molecule has 32 heavy (non-hydrogen) atoms. The van der Waals surface area contributed by atoms with E-state index in [2.05, 4.69) is 25.1 Å². The first kappa shape index (κ1) is 21.7. The number of H-pyrrole nitrogens is 1. The van der Waals surface area contributed by atoms with Crippen molar-refractivity contribution in [2.45, 2.75) is 52.6 Å². The minimum Gasteiger partial charge on any atom is -0.481 e. The van der Waals surface area contributed by atoms with Gasteiger partial charge >= 0.3 is 12.0 Å². The Morgan fingerprint density at radius 1 is 1.22 bits per heavy atom. The number of nitrogens with zero attached hydrogens (tertiary/aromatic N) is 4. The summed E-state index contributed by atoms with van der Waals surface area (Å²) in [6.45, 7) is 5.19. The maximum absolute atomic E-state index is 11.2. The van der Waals surface area contributed by atoms with E-state index in [1.807, 2.05) is 19.1 Å². The molecule has 2 N–H and O–H groups in total. The minimum absolute atomic E-state index is 0.0324. The highest BCUT2D eigenvalue weighted by Gasteiger charge is 2.28. The highest BCUT2D eigenvalue weighted by molar-refractivity contribution is 5.73. The SMILES string of the molecule is Cc1cc(OCC(C)(C)C(=O)O)ncc1-c1ccc(-c2nc(OC3CCCC3)n[nH]2)cn1. The van der Waals surface area contributed by atoms with Gasteiger partial charge in [-0.25, -0.2) is 4.98 Å². The first-order chi connectivity index (χ1) is 15.3. The second kappa shape index (κ2) is 8.94. The van der Waals surface area contributed by atoms with Gasteiger partial charge in [0.05, 0.1) is 11.1 Å². The topological polar surface area (TPSA) is 123 Å². The van der Waals surface area contributed by atoms with E-state index in [-0.39, 0.29) is 12.7 Å². The molecule has 0 aliphatic heterocycles. The Morgan fingerprint density at radius 2 is 2.00 bits per heavy atom. The largest absolute Gasteiger partial charge is 0.481 e. The molecule has 0 aromatic carbocycles. The average molecular weight is 438 g/mol. The molecule has 0 atom stereocenters. The molecule has 3 aromatic heterocycles. The zero-order chi connectivity index (χ0) is 22.7. The van der Waals surface area contributed by atoms with Gasteiger partial charge in [-0.1, -0.05) is 0 Å². The number of carbonyl (C=O) groups is 1. The second-order valence-corrected chi connectivity index (χ2v) is 8.74. The number of hydrogen-bond donors (Lipinski definition) is 2. The van der Waals surface area contributed by atoms with Crippen molar-refractivity contribution in [3.8, 4) is 34.5 Å². The van der Waals surface area contributed by atoms with Crippen molar-refractivity contribution in [3.63, 3.8) is 0 Å². The Kier molecular flexibility index (Phi) is 6.07. The molecule has 0 spiro atoms. The van der Waals surface area contributed by atoms with E-state index in [0.29, 0.717) is 17.7 Å². The van der Waals surface area contributed by atoms with E-state index in [9.17, 15) is 9.90 Å². The standard InChI is InChI=1S/C23H27N5O4/c1-14-10-19(31-13-23(2,3)21(29)30)25-12-17(14)18-9-8-15(11-24-18)20-26-22(28-27-20)32-16-6-4-5-7-16/h8-12,16H,4-7,13H2,1-3H3,(H,29,30)(H,26,27,28). The number of pyridine rings is 2. The molecule has 9 nitrogen and oxygen atoms in total. The average Bonchev–Trinajstić information content (AvgIpc) is 3.45. The fourth-order valence-electron chi connectivity index (χ4n) is 3.47. The molecule has 1 fully saturated rings. The minimum atomic E-state index is -0.992. The van der Waals surface area contributed by atoms with Crippen LogP contribution in [0.1, 0.15) is 45.1 Å². The van der Waals surface area contributed by atoms with Gasteiger partial charge in [-0.15, -0.1) is 5.10 Å². The van der Waals surface area contributed by atoms with Gasteiger partial charge in [-0.05, 0) is 64.2 Å². The van der Waals surface area contributed by atoms with Crippen LogP contribution in [0.2, 0.25) is 0 Å². The lowest BCUT2D eigenvalue weighted by Gasteiger charge is -2.19. The number of aromatic nitrogens is 5. The number of nitrogens with one attached hydrogen (secondary N) is 1. The Morgan fingerprint density at radius 3 is 2.66 bits per heavy atom. The molecule has 3 heterocycles. The molecule has 9 heteroatoms. The molecule has 3 aromatic rings. The molecular weight excluding hydrogens is 410 g/mol.